The Morgan fingerprint density at radius 3 is 2.08 bits per heavy atom. The molecule has 1 unspecified atom stereocenters. The fourth-order valence-electron chi connectivity index (χ4n) is 2.42. The topological polar surface area (TPSA) is 110 Å². The lowest BCUT2D eigenvalue weighted by atomic mass is 9.80. The maximum atomic E-state index is 11.8. The Hall–Kier alpha value is -0.773. The van der Waals surface area contributed by atoms with E-state index in [0.29, 0.717) is 6.42 Å². The van der Waals surface area contributed by atoms with Crippen LogP contribution in [-0.4, -0.2) is 51.4 Å². The van der Waals surface area contributed by atoms with Gasteiger partial charge < -0.3 is 14.5 Å². The van der Waals surface area contributed by atoms with E-state index in [2.05, 4.69) is 39.2 Å². The number of rotatable bonds is 10. The van der Waals surface area contributed by atoms with E-state index in [1.165, 1.54) is 6.92 Å². The van der Waals surface area contributed by atoms with Gasteiger partial charge >= 0.3 is 0 Å². The Morgan fingerprint density at radius 1 is 1.23 bits per heavy atom. The lowest BCUT2D eigenvalue weighted by Crippen LogP contribution is -2.50. The smallest absolute Gasteiger partial charge is 0.264 e. The summed E-state index contributed by atoms with van der Waals surface area (Å²) in [6, 6.07) is -0.491. The van der Waals surface area contributed by atoms with Gasteiger partial charge in [0, 0.05) is 13.0 Å². The highest BCUT2D eigenvalue weighted by molar-refractivity contribution is 7.85. The molecule has 0 saturated heterocycles. The lowest BCUT2D eigenvalue weighted by molar-refractivity contribution is -0.120. The molecule has 7 nitrogen and oxygen atoms in total. The molecule has 0 aliphatic carbocycles. The number of carbonyl (C=O) groups is 2. The molecule has 2 N–H and O–H groups in total. The first-order valence-corrected chi connectivity index (χ1v) is 13.3. The molecule has 0 aliphatic heterocycles. The van der Waals surface area contributed by atoms with Gasteiger partial charge in [-0.05, 0) is 36.4 Å². The summed E-state index contributed by atoms with van der Waals surface area (Å²) in [4.78, 5) is 23.2. The van der Waals surface area contributed by atoms with Crippen LogP contribution in [0.1, 0.15) is 54.4 Å². The van der Waals surface area contributed by atoms with Crippen molar-refractivity contribution in [3.8, 4) is 0 Å². The van der Waals surface area contributed by atoms with Gasteiger partial charge in [0.1, 0.15) is 12.4 Å². The minimum absolute atomic E-state index is 0.0630. The number of aldehydes is 1. The second-order valence-electron chi connectivity index (χ2n) is 9.10. The Bertz CT molecular complexity index is 595. The van der Waals surface area contributed by atoms with Crippen LogP contribution in [0.5, 0.6) is 0 Å². The largest absolute Gasteiger partial charge is 0.407 e. The van der Waals surface area contributed by atoms with Gasteiger partial charge in [-0.1, -0.05) is 34.6 Å². The molecule has 154 valence electrons. The first-order chi connectivity index (χ1) is 11.4. The summed E-state index contributed by atoms with van der Waals surface area (Å²) in [5.41, 5.74) is -0.621. The molecule has 9 heteroatoms. The van der Waals surface area contributed by atoms with Crippen LogP contribution >= 0.6 is 0 Å². The molecule has 0 saturated carbocycles. The predicted octanol–water partition coefficient (Wildman–Crippen LogP) is 2.77. The van der Waals surface area contributed by atoms with E-state index in [-0.39, 0.29) is 17.4 Å². The Balaban J connectivity index is 5.36. The molecule has 0 radical (unpaired) electrons. The zero-order chi connectivity index (χ0) is 21.0. The van der Waals surface area contributed by atoms with E-state index in [4.69, 9.17) is 8.98 Å². The van der Waals surface area contributed by atoms with Crippen molar-refractivity contribution in [2.45, 2.75) is 84.7 Å². The van der Waals surface area contributed by atoms with Crippen LogP contribution in [0.15, 0.2) is 0 Å². The summed E-state index contributed by atoms with van der Waals surface area (Å²) < 4.78 is 37.3. The summed E-state index contributed by atoms with van der Waals surface area (Å²) in [5, 5.41) is 2.64. The Morgan fingerprint density at radius 2 is 1.73 bits per heavy atom. The number of hydrogen-bond donors (Lipinski definition) is 2. The van der Waals surface area contributed by atoms with Gasteiger partial charge in [-0.3, -0.25) is 9.35 Å². The second-order valence-corrected chi connectivity index (χ2v) is 15.4. The van der Waals surface area contributed by atoms with Crippen LogP contribution in [0.3, 0.4) is 0 Å². The first-order valence-electron chi connectivity index (χ1n) is 8.76. The lowest BCUT2D eigenvalue weighted by Gasteiger charge is -2.43. The van der Waals surface area contributed by atoms with E-state index >= 15 is 0 Å². The summed E-state index contributed by atoms with van der Waals surface area (Å²) in [7, 11) is -6.31. The zero-order valence-electron chi connectivity index (χ0n) is 17.3. The molecule has 0 rings (SSSR count). The van der Waals surface area contributed by atoms with Crippen molar-refractivity contribution < 1.29 is 27.0 Å². The molecular formula is C17H35NO6SSi. The molecule has 0 spiro atoms. The van der Waals surface area contributed by atoms with Gasteiger partial charge in [0.25, 0.3) is 10.1 Å². The molecule has 0 aliphatic rings. The van der Waals surface area contributed by atoms with Crippen molar-refractivity contribution in [2.75, 3.05) is 5.75 Å². The van der Waals surface area contributed by atoms with Gasteiger partial charge in [-0.2, -0.15) is 8.42 Å². The number of carbonyl (C=O) groups excluding carboxylic acids is 2. The minimum atomic E-state index is -4.13. The molecule has 0 aromatic carbocycles. The molecule has 0 fully saturated rings. The van der Waals surface area contributed by atoms with Crippen molar-refractivity contribution in [3.63, 3.8) is 0 Å². The normalized spacial score (nSPS) is 16.0. The number of nitrogens with one attached hydrogen (secondary N) is 1. The van der Waals surface area contributed by atoms with Crippen LogP contribution < -0.4 is 5.32 Å². The van der Waals surface area contributed by atoms with E-state index in [9.17, 15) is 18.0 Å². The first kappa shape index (κ1) is 25.2. The monoisotopic (exact) mass is 409 g/mol. The van der Waals surface area contributed by atoms with Crippen molar-refractivity contribution in [1.29, 1.82) is 0 Å². The van der Waals surface area contributed by atoms with Crippen LogP contribution in [0.4, 0.5) is 0 Å². The fourth-order valence-corrected chi connectivity index (χ4v) is 4.37. The van der Waals surface area contributed by atoms with Gasteiger partial charge in [-0.15, -0.1) is 0 Å². The van der Waals surface area contributed by atoms with Gasteiger partial charge in [-0.25, -0.2) is 0 Å². The van der Waals surface area contributed by atoms with Crippen LogP contribution in [0.25, 0.3) is 0 Å². The van der Waals surface area contributed by atoms with E-state index in [0.717, 1.165) is 6.29 Å². The van der Waals surface area contributed by atoms with Crippen molar-refractivity contribution in [1.82, 2.24) is 5.32 Å². The summed E-state index contributed by atoms with van der Waals surface area (Å²) >= 11 is 0. The zero-order valence-corrected chi connectivity index (χ0v) is 19.1. The van der Waals surface area contributed by atoms with Gasteiger partial charge in [0.15, 0.2) is 8.32 Å². The maximum absolute atomic E-state index is 11.8. The van der Waals surface area contributed by atoms with Crippen LogP contribution in [0, 0.1) is 5.41 Å². The van der Waals surface area contributed by atoms with Crippen LogP contribution in [0.2, 0.25) is 18.1 Å². The predicted molar refractivity (Wildman–Crippen MR) is 105 cm³/mol. The summed E-state index contributed by atoms with van der Waals surface area (Å²) in [5.74, 6) is -0.753. The fraction of sp³-hybridized carbons (Fsp3) is 0.882. The average molecular weight is 410 g/mol. The highest BCUT2D eigenvalue weighted by atomic mass is 32.2. The standard InChI is InChI=1S/C17H35NO6SSi/c1-13(20)18-14(9-10-25(21,22)23)11-17(5,6)15(12-19)24-26(7,8)16(2,3)4/h12,14-15H,9-11H2,1-8H3,(H,18,20)(H,21,22,23)/t14?,15-/m0/s1. The molecule has 2 atom stereocenters. The number of amides is 1. The minimum Gasteiger partial charge on any atom is -0.407 e. The SMILES string of the molecule is CC(=O)NC(CCS(=O)(=O)O)CC(C)(C)[C@H](C=O)O[Si](C)(C)C(C)(C)C. The highest BCUT2D eigenvalue weighted by Gasteiger charge is 2.43. The average Bonchev–Trinajstić information content (AvgIpc) is 2.39. The van der Waals surface area contributed by atoms with E-state index < -0.39 is 41.7 Å². The summed E-state index contributed by atoms with van der Waals surface area (Å²) in [6.45, 7) is 15.4. The molecule has 26 heavy (non-hydrogen) atoms. The highest BCUT2D eigenvalue weighted by Crippen LogP contribution is 2.40. The van der Waals surface area contributed by atoms with Crippen molar-refractivity contribution in [3.05, 3.63) is 0 Å². The van der Waals surface area contributed by atoms with E-state index in [1.807, 2.05) is 13.8 Å². The maximum Gasteiger partial charge on any atom is 0.264 e. The summed E-state index contributed by atoms with van der Waals surface area (Å²) in [6.07, 6.45) is 0.521. The van der Waals surface area contributed by atoms with Crippen molar-refractivity contribution >= 4 is 30.6 Å². The molecule has 0 heterocycles. The molecule has 0 bridgehead atoms. The Kier molecular flexibility index (Phi) is 8.68. The van der Waals surface area contributed by atoms with Gasteiger partial charge in [0.05, 0.1) is 5.75 Å². The molecule has 0 aromatic rings. The molecular weight excluding hydrogens is 374 g/mol. The van der Waals surface area contributed by atoms with E-state index in [1.54, 1.807) is 0 Å². The van der Waals surface area contributed by atoms with Gasteiger partial charge in [0.2, 0.25) is 5.91 Å². The quantitative estimate of drug-likeness (QED) is 0.326. The van der Waals surface area contributed by atoms with Crippen LogP contribution in [-0.2, 0) is 24.1 Å². The Labute approximate surface area is 159 Å². The molecule has 1 amide bonds. The number of hydrogen-bond acceptors (Lipinski definition) is 5. The third-order valence-corrected chi connectivity index (χ3v) is 10.2. The molecule has 0 aromatic heterocycles. The third kappa shape index (κ3) is 8.74. The van der Waals surface area contributed by atoms with Crippen molar-refractivity contribution in [2.24, 2.45) is 5.41 Å². The second kappa shape index (κ2) is 8.94. The third-order valence-electron chi connectivity index (χ3n) is 5.03.